The summed E-state index contributed by atoms with van der Waals surface area (Å²) < 4.78 is 11.1. The fraction of sp³-hybridized carbons (Fsp3) is 0.333. The Morgan fingerprint density at radius 3 is 2.46 bits per heavy atom. The number of hydrogen-bond donors (Lipinski definition) is 1. The molecule has 0 radical (unpaired) electrons. The standard InChI is InChI=1S/C21H25NO4/c1-4-11-25-19-10-7-17(13-23)20(12-19)26-14-21(24)22-18-8-5-16(6-9-18)15(2)3/h5-10,12-13,15H,4,11,14H2,1-3H3,(H,22,24). The molecule has 138 valence electrons. The summed E-state index contributed by atoms with van der Waals surface area (Å²) in [5.74, 6) is 1.09. The van der Waals surface area contributed by atoms with E-state index in [0.717, 1.165) is 6.42 Å². The maximum absolute atomic E-state index is 12.1. The Morgan fingerprint density at radius 1 is 1.12 bits per heavy atom. The van der Waals surface area contributed by atoms with E-state index in [-0.39, 0.29) is 12.5 Å². The lowest BCUT2D eigenvalue weighted by molar-refractivity contribution is -0.118. The zero-order chi connectivity index (χ0) is 18.9. The maximum Gasteiger partial charge on any atom is 0.262 e. The number of carbonyl (C=O) groups excluding carboxylic acids is 2. The average Bonchev–Trinajstić information content (AvgIpc) is 2.65. The second kappa shape index (κ2) is 9.61. The van der Waals surface area contributed by atoms with Crippen LogP contribution >= 0.6 is 0 Å². The summed E-state index contributed by atoms with van der Waals surface area (Å²) in [5.41, 5.74) is 2.29. The van der Waals surface area contributed by atoms with Crippen LogP contribution < -0.4 is 14.8 Å². The Labute approximate surface area is 154 Å². The van der Waals surface area contributed by atoms with Gasteiger partial charge in [0.15, 0.2) is 12.9 Å². The van der Waals surface area contributed by atoms with Crippen molar-refractivity contribution in [1.82, 2.24) is 0 Å². The number of amides is 1. The Balaban J connectivity index is 1.96. The van der Waals surface area contributed by atoms with Gasteiger partial charge in [0, 0.05) is 11.8 Å². The highest BCUT2D eigenvalue weighted by Crippen LogP contribution is 2.24. The molecular formula is C21H25NO4. The van der Waals surface area contributed by atoms with E-state index in [2.05, 4.69) is 19.2 Å². The van der Waals surface area contributed by atoms with E-state index in [0.29, 0.717) is 41.6 Å². The van der Waals surface area contributed by atoms with Gasteiger partial charge in [-0.15, -0.1) is 0 Å². The summed E-state index contributed by atoms with van der Waals surface area (Å²) >= 11 is 0. The van der Waals surface area contributed by atoms with Crippen molar-refractivity contribution in [2.45, 2.75) is 33.1 Å². The van der Waals surface area contributed by atoms with E-state index < -0.39 is 0 Å². The zero-order valence-electron chi connectivity index (χ0n) is 15.5. The van der Waals surface area contributed by atoms with Crippen LogP contribution in [-0.2, 0) is 4.79 Å². The van der Waals surface area contributed by atoms with Crippen LogP contribution in [-0.4, -0.2) is 25.4 Å². The second-order valence-electron chi connectivity index (χ2n) is 6.28. The van der Waals surface area contributed by atoms with Gasteiger partial charge in [-0.25, -0.2) is 0 Å². The molecule has 1 N–H and O–H groups in total. The molecule has 0 saturated heterocycles. The van der Waals surface area contributed by atoms with E-state index >= 15 is 0 Å². The van der Waals surface area contributed by atoms with Crippen LogP contribution in [0.3, 0.4) is 0 Å². The largest absolute Gasteiger partial charge is 0.493 e. The van der Waals surface area contributed by atoms with Gasteiger partial charge in [0.2, 0.25) is 0 Å². The Hall–Kier alpha value is -2.82. The number of rotatable bonds is 9. The molecule has 0 aliphatic rings. The number of nitrogens with one attached hydrogen (secondary N) is 1. The quantitative estimate of drug-likeness (QED) is 0.676. The van der Waals surface area contributed by atoms with E-state index in [1.807, 2.05) is 31.2 Å². The van der Waals surface area contributed by atoms with Gasteiger partial charge >= 0.3 is 0 Å². The number of benzene rings is 2. The first-order chi connectivity index (χ1) is 12.5. The van der Waals surface area contributed by atoms with Gasteiger partial charge in [0.1, 0.15) is 11.5 Å². The van der Waals surface area contributed by atoms with Crippen LogP contribution in [0, 0.1) is 0 Å². The fourth-order valence-corrected chi connectivity index (χ4v) is 2.34. The third-order valence-electron chi connectivity index (χ3n) is 3.80. The van der Waals surface area contributed by atoms with Crippen molar-refractivity contribution in [2.75, 3.05) is 18.5 Å². The van der Waals surface area contributed by atoms with Crippen molar-refractivity contribution in [3.8, 4) is 11.5 Å². The number of carbonyl (C=O) groups is 2. The lowest BCUT2D eigenvalue weighted by atomic mass is 10.0. The number of anilines is 1. The lowest BCUT2D eigenvalue weighted by Gasteiger charge is -2.12. The van der Waals surface area contributed by atoms with Gasteiger partial charge in [-0.1, -0.05) is 32.9 Å². The van der Waals surface area contributed by atoms with Crippen LogP contribution in [0.5, 0.6) is 11.5 Å². The first kappa shape index (κ1) is 19.5. The first-order valence-corrected chi connectivity index (χ1v) is 8.78. The molecule has 26 heavy (non-hydrogen) atoms. The van der Waals surface area contributed by atoms with Gasteiger partial charge in [0.25, 0.3) is 5.91 Å². The molecule has 0 aliphatic carbocycles. The highest BCUT2D eigenvalue weighted by molar-refractivity contribution is 5.92. The smallest absolute Gasteiger partial charge is 0.262 e. The molecule has 0 unspecified atom stereocenters. The highest BCUT2D eigenvalue weighted by atomic mass is 16.5. The van der Waals surface area contributed by atoms with Crippen molar-refractivity contribution in [3.05, 3.63) is 53.6 Å². The molecule has 0 aliphatic heterocycles. The van der Waals surface area contributed by atoms with Gasteiger partial charge in [-0.3, -0.25) is 9.59 Å². The van der Waals surface area contributed by atoms with Crippen molar-refractivity contribution < 1.29 is 19.1 Å². The summed E-state index contributed by atoms with van der Waals surface area (Å²) in [6.07, 6.45) is 1.57. The van der Waals surface area contributed by atoms with Crippen LogP contribution in [0.15, 0.2) is 42.5 Å². The van der Waals surface area contributed by atoms with Crippen molar-refractivity contribution >= 4 is 17.9 Å². The predicted molar refractivity (Wildman–Crippen MR) is 102 cm³/mol. The summed E-state index contributed by atoms with van der Waals surface area (Å²) in [4.78, 5) is 23.3. The molecule has 2 aromatic carbocycles. The lowest BCUT2D eigenvalue weighted by Crippen LogP contribution is -2.20. The van der Waals surface area contributed by atoms with Crippen molar-refractivity contribution in [2.24, 2.45) is 0 Å². The van der Waals surface area contributed by atoms with Crippen LogP contribution in [0.4, 0.5) is 5.69 Å². The number of hydrogen-bond acceptors (Lipinski definition) is 4. The molecule has 0 bridgehead atoms. The van der Waals surface area contributed by atoms with Crippen LogP contribution in [0.2, 0.25) is 0 Å². The van der Waals surface area contributed by atoms with E-state index in [1.54, 1.807) is 18.2 Å². The number of ether oxygens (including phenoxy) is 2. The summed E-state index contributed by atoms with van der Waals surface area (Å²) in [7, 11) is 0. The first-order valence-electron chi connectivity index (χ1n) is 8.78. The summed E-state index contributed by atoms with van der Waals surface area (Å²) in [5, 5.41) is 2.78. The summed E-state index contributed by atoms with van der Waals surface area (Å²) in [6, 6.07) is 12.7. The van der Waals surface area contributed by atoms with Crippen molar-refractivity contribution in [3.63, 3.8) is 0 Å². The molecule has 0 spiro atoms. The predicted octanol–water partition coefficient (Wildman–Crippen LogP) is 4.43. The molecule has 0 heterocycles. The Morgan fingerprint density at radius 2 is 1.85 bits per heavy atom. The Kier molecular flexibility index (Phi) is 7.21. The maximum atomic E-state index is 12.1. The molecule has 5 nitrogen and oxygen atoms in total. The monoisotopic (exact) mass is 355 g/mol. The minimum absolute atomic E-state index is 0.190. The highest BCUT2D eigenvalue weighted by Gasteiger charge is 2.09. The molecule has 0 aromatic heterocycles. The average molecular weight is 355 g/mol. The molecular weight excluding hydrogens is 330 g/mol. The zero-order valence-corrected chi connectivity index (χ0v) is 15.5. The van der Waals surface area contributed by atoms with E-state index in [4.69, 9.17) is 9.47 Å². The molecule has 0 atom stereocenters. The van der Waals surface area contributed by atoms with E-state index in [9.17, 15) is 9.59 Å². The molecule has 2 rings (SSSR count). The topological polar surface area (TPSA) is 64.6 Å². The van der Waals surface area contributed by atoms with E-state index in [1.165, 1.54) is 5.56 Å². The van der Waals surface area contributed by atoms with Gasteiger partial charge in [-0.2, -0.15) is 0 Å². The summed E-state index contributed by atoms with van der Waals surface area (Å²) in [6.45, 7) is 6.63. The van der Waals surface area contributed by atoms with Gasteiger partial charge in [-0.05, 0) is 42.2 Å². The van der Waals surface area contributed by atoms with Crippen LogP contribution in [0.1, 0.15) is 49.0 Å². The van der Waals surface area contributed by atoms with Gasteiger partial charge in [0.05, 0.1) is 12.2 Å². The fourth-order valence-electron chi connectivity index (χ4n) is 2.34. The minimum atomic E-state index is -0.293. The third-order valence-corrected chi connectivity index (χ3v) is 3.80. The normalized spacial score (nSPS) is 10.5. The van der Waals surface area contributed by atoms with Gasteiger partial charge < -0.3 is 14.8 Å². The number of aldehydes is 1. The minimum Gasteiger partial charge on any atom is -0.493 e. The molecule has 1 amide bonds. The van der Waals surface area contributed by atoms with Crippen LogP contribution in [0.25, 0.3) is 0 Å². The molecule has 2 aromatic rings. The molecule has 5 heteroatoms. The Bertz CT molecular complexity index is 738. The SMILES string of the molecule is CCCOc1ccc(C=O)c(OCC(=O)Nc2ccc(C(C)C)cc2)c1. The molecule has 0 saturated carbocycles. The third kappa shape index (κ3) is 5.62. The van der Waals surface area contributed by atoms with Crippen molar-refractivity contribution in [1.29, 1.82) is 0 Å². The second-order valence-corrected chi connectivity index (χ2v) is 6.28. The molecule has 0 fully saturated rings.